The number of hydrogen-bond donors (Lipinski definition) is 1. The summed E-state index contributed by atoms with van der Waals surface area (Å²) in [7, 11) is -0.881. The van der Waals surface area contributed by atoms with E-state index in [-0.39, 0.29) is 43.5 Å². The second-order valence-electron chi connectivity index (χ2n) is 9.41. The highest BCUT2D eigenvalue weighted by Crippen LogP contribution is 2.35. The van der Waals surface area contributed by atoms with Crippen molar-refractivity contribution in [2.45, 2.75) is 83.2 Å². The number of sulfonamides is 1. The predicted molar refractivity (Wildman–Crippen MR) is 133 cm³/mol. The summed E-state index contributed by atoms with van der Waals surface area (Å²) in [4.78, 5) is 8.64. The molecule has 1 fully saturated rings. The molecule has 0 spiro atoms. The number of ether oxygens (including phenoxy) is 4. The largest absolute Gasteiger partial charge is 0.382 e. The molecule has 202 valence electrons. The molecule has 3 rings (SSSR count). The molecule has 1 saturated heterocycles. The molecule has 0 aliphatic carbocycles. The zero-order valence-electron chi connectivity index (χ0n) is 22.0. The molecular formula is C23H38N6O6S. The summed E-state index contributed by atoms with van der Waals surface area (Å²) in [6, 6.07) is -0.374. The van der Waals surface area contributed by atoms with E-state index in [0.717, 1.165) is 18.4 Å². The highest BCUT2D eigenvalue weighted by Gasteiger charge is 2.37. The molecule has 0 amide bonds. The molecule has 13 heteroatoms. The fourth-order valence-corrected chi connectivity index (χ4v) is 5.22. The van der Waals surface area contributed by atoms with Gasteiger partial charge in [-0.25, -0.2) is 18.4 Å². The molecule has 1 N–H and O–H groups in total. The normalized spacial score (nSPS) is 20.2. The lowest BCUT2D eigenvalue weighted by Gasteiger charge is -2.26. The summed E-state index contributed by atoms with van der Waals surface area (Å²) in [5, 5.41) is 7.48. The van der Waals surface area contributed by atoms with Crippen LogP contribution < -0.4 is 4.72 Å². The third-order valence-corrected chi connectivity index (χ3v) is 7.64. The van der Waals surface area contributed by atoms with Gasteiger partial charge in [-0.1, -0.05) is 0 Å². The Morgan fingerprint density at radius 1 is 1.11 bits per heavy atom. The molecule has 1 aliphatic heterocycles. The van der Waals surface area contributed by atoms with Gasteiger partial charge in [0, 0.05) is 26.6 Å². The number of nitrogens with one attached hydrogen (secondary N) is 1. The van der Waals surface area contributed by atoms with Gasteiger partial charge in [0.2, 0.25) is 16.0 Å². The number of aromatic nitrogens is 5. The van der Waals surface area contributed by atoms with Crippen LogP contribution in [-0.4, -0.2) is 78.0 Å². The van der Waals surface area contributed by atoms with Crippen molar-refractivity contribution in [3.05, 3.63) is 29.6 Å². The van der Waals surface area contributed by atoms with Gasteiger partial charge in [-0.3, -0.25) is 9.29 Å². The second-order valence-corrected chi connectivity index (χ2v) is 11.4. The predicted octanol–water partition coefficient (Wildman–Crippen LogP) is 2.75. The Kier molecular flexibility index (Phi) is 9.75. The van der Waals surface area contributed by atoms with Crippen LogP contribution in [0.25, 0.3) is 0 Å². The van der Waals surface area contributed by atoms with E-state index in [1.54, 1.807) is 38.1 Å². The first-order valence-electron chi connectivity index (χ1n) is 12.1. The van der Waals surface area contributed by atoms with Gasteiger partial charge in [0.05, 0.1) is 31.5 Å². The molecule has 1 aliphatic rings. The molecule has 0 saturated carbocycles. The number of nitrogens with zero attached hydrogens (tertiary/aromatic N) is 5. The van der Waals surface area contributed by atoms with Crippen molar-refractivity contribution < 1.29 is 27.4 Å². The van der Waals surface area contributed by atoms with Crippen molar-refractivity contribution in [3.8, 4) is 0 Å². The van der Waals surface area contributed by atoms with Gasteiger partial charge in [0.25, 0.3) is 0 Å². The van der Waals surface area contributed by atoms with E-state index < -0.39 is 21.4 Å². The first-order chi connectivity index (χ1) is 17.1. The summed E-state index contributed by atoms with van der Waals surface area (Å²) in [6.45, 7) is 9.61. The Bertz CT molecular complexity index is 1070. The second kappa shape index (κ2) is 12.4. The lowest BCUT2D eigenvalue weighted by molar-refractivity contribution is 0.00151. The molecule has 36 heavy (non-hydrogen) atoms. The number of aryl methyl sites for hydroxylation is 1. The van der Waals surface area contributed by atoms with Gasteiger partial charge >= 0.3 is 0 Å². The summed E-state index contributed by atoms with van der Waals surface area (Å²) < 4.78 is 54.3. The molecular weight excluding hydrogens is 488 g/mol. The Labute approximate surface area is 213 Å². The molecule has 2 aromatic heterocycles. The van der Waals surface area contributed by atoms with Crippen molar-refractivity contribution in [2.24, 2.45) is 0 Å². The first kappa shape index (κ1) is 28.4. The van der Waals surface area contributed by atoms with Crippen LogP contribution in [0.2, 0.25) is 0 Å². The standard InChI is InChI=1S/C23H38N6O6S/c1-14(2)34-20(21-24-10-15(3)11-25-21)17(5)36(30,31)28-23-27-26-22(19-9-8-16(4)35-19)29(23)18(12-32-6)13-33-7/h10-11,14,16-20H,8-9,12-13H2,1-7H3,(H,27,28)/t16-,17+,19-,20-/m1/s1. The molecule has 0 radical (unpaired) electrons. The monoisotopic (exact) mass is 526 g/mol. The van der Waals surface area contributed by atoms with E-state index in [1.165, 1.54) is 0 Å². The van der Waals surface area contributed by atoms with Crippen LogP contribution in [0.3, 0.4) is 0 Å². The van der Waals surface area contributed by atoms with E-state index in [2.05, 4.69) is 24.9 Å². The maximum absolute atomic E-state index is 13.6. The van der Waals surface area contributed by atoms with Crippen LogP contribution in [0.1, 0.15) is 76.0 Å². The van der Waals surface area contributed by atoms with Crippen molar-refractivity contribution in [3.63, 3.8) is 0 Å². The topological polar surface area (TPSA) is 140 Å². The van der Waals surface area contributed by atoms with E-state index >= 15 is 0 Å². The maximum Gasteiger partial charge on any atom is 0.240 e. The van der Waals surface area contributed by atoms with Gasteiger partial charge in [-0.15, -0.1) is 10.2 Å². The average molecular weight is 527 g/mol. The Balaban J connectivity index is 1.97. The van der Waals surface area contributed by atoms with E-state index in [9.17, 15) is 8.42 Å². The number of anilines is 1. The van der Waals surface area contributed by atoms with Gasteiger partial charge in [0.1, 0.15) is 17.5 Å². The Morgan fingerprint density at radius 3 is 2.28 bits per heavy atom. The van der Waals surface area contributed by atoms with E-state index in [0.29, 0.717) is 11.6 Å². The summed E-state index contributed by atoms with van der Waals surface area (Å²) in [6.07, 6.45) is 3.52. The van der Waals surface area contributed by atoms with E-state index in [1.807, 2.05) is 27.7 Å². The quantitative estimate of drug-likeness (QED) is 0.414. The van der Waals surface area contributed by atoms with Crippen LogP contribution in [0.5, 0.6) is 0 Å². The molecule has 0 aromatic carbocycles. The molecule has 0 bridgehead atoms. The molecule has 4 atom stereocenters. The summed E-state index contributed by atoms with van der Waals surface area (Å²) in [5.41, 5.74) is 0.863. The highest BCUT2D eigenvalue weighted by atomic mass is 32.2. The minimum absolute atomic E-state index is 0.0622. The number of rotatable bonds is 13. The summed E-state index contributed by atoms with van der Waals surface area (Å²) >= 11 is 0. The minimum atomic E-state index is -4.02. The zero-order valence-corrected chi connectivity index (χ0v) is 22.9. The smallest absolute Gasteiger partial charge is 0.240 e. The lowest BCUT2D eigenvalue weighted by Crippen LogP contribution is -2.35. The Morgan fingerprint density at radius 2 is 1.75 bits per heavy atom. The molecule has 3 heterocycles. The van der Waals surface area contributed by atoms with Gasteiger partial charge in [-0.05, 0) is 53.0 Å². The molecule has 2 aromatic rings. The van der Waals surface area contributed by atoms with Gasteiger partial charge in [0.15, 0.2) is 11.6 Å². The maximum atomic E-state index is 13.6. The zero-order chi connectivity index (χ0) is 26.5. The van der Waals surface area contributed by atoms with Crippen LogP contribution in [0.15, 0.2) is 12.4 Å². The molecule has 12 nitrogen and oxygen atoms in total. The highest BCUT2D eigenvalue weighted by molar-refractivity contribution is 7.93. The molecule has 0 unspecified atom stereocenters. The minimum Gasteiger partial charge on any atom is -0.382 e. The summed E-state index contributed by atoms with van der Waals surface area (Å²) in [5.74, 6) is 0.882. The lowest BCUT2D eigenvalue weighted by atomic mass is 10.2. The first-order valence-corrected chi connectivity index (χ1v) is 13.7. The van der Waals surface area contributed by atoms with Crippen molar-refractivity contribution in [1.82, 2.24) is 24.7 Å². The number of hydrogen-bond acceptors (Lipinski definition) is 10. The van der Waals surface area contributed by atoms with Crippen molar-refractivity contribution in [2.75, 3.05) is 32.2 Å². The fraction of sp³-hybridized carbons (Fsp3) is 0.739. The number of methoxy groups -OCH3 is 2. The fourth-order valence-electron chi connectivity index (χ4n) is 4.13. The third kappa shape index (κ3) is 6.76. The average Bonchev–Trinajstić information content (AvgIpc) is 3.43. The van der Waals surface area contributed by atoms with E-state index in [4.69, 9.17) is 18.9 Å². The van der Waals surface area contributed by atoms with Gasteiger partial charge < -0.3 is 18.9 Å². The van der Waals surface area contributed by atoms with Crippen LogP contribution in [-0.2, 0) is 29.0 Å². The van der Waals surface area contributed by atoms with Crippen LogP contribution in [0, 0.1) is 6.92 Å². The van der Waals surface area contributed by atoms with Crippen molar-refractivity contribution in [1.29, 1.82) is 0 Å². The van der Waals surface area contributed by atoms with Crippen molar-refractivity contribution >= 4 is 16.0 Å². The van der Waals surface area contributed by atoms with Gasteiger partial charge in [-0.2, -0.15) is 0 Å². The van der Waals surface area contributed by atoms with Crippen LogP contribution in [0.4, 0.5) is 5.95 Å². The third-order valence-electron chi connectivity index (χ3n) is 5.95. The van der Waals surface area contributed by atoms with Crippen LogP contribution >= 0.6 is 0 Å². The Hall–Kier alpha value is -2.19. The SMILES string of the molecule is COCC(COC)n1c(NS(=O)(=O)[C@@H](C)[C@@H](OC(C)C)c2ncc(C)cn2)nnc1[C@H]1CC[C@@H](C)O1.